The van der Waals surface area contributed by atoms with Gasteiger partial charge >= 0.3 is 0 Å². The Hall–Kier alpha value is -2.09. The Morgan fingerprint density at radius 1 is 0.882 bits per heavy atom. The summed E-state index contributed by atoms with van der Waals surface area (Å²) >= 11 is 18.1. The molecule has 0 bridgehead atoms. The fourth-order valence-corrected chi connectivity index (χ4v) is 5.40. The summed E-state index contributed by atoms with van der Waals surface area (Å²) < 4.78 is 28.1. The number of carbonyl (C=O) groups is 1. The number of carbonyl (C=O) groups excluding carboxylic acids is 1. The molecule has 0 atom stereocenters. The molecule has 0 fully saturated rings. The minimum atomic E-state index is -4.02. The normalized spacial score (nSPS) is 11.6. The van der Waals surface area contributed by atoms with E-state index in [0.29, 0.717) is 20.6 Å². The zero-order valence-electron chi connectivity index (χ0n) is 18.8. The molecular formula is C25H25Cl3N2O3S. The Balaban J connectivity index is 1.94. The van der Waals surface area contributed by atoms with Gasteiger partial charge in [0.25, 0.3) is 0 Å². The standard InChI is InChI=1S/C25H25Cl3N2O3S/c1-3-18-6-5-7-19(4-2)25(18)29-24(31)16-30(15-17-8-13-22(27)23(28)14-17)34(32,33)21-11-9-20(26)10-12-21/h5-14H,3-4,15-16H2,1-2H3,(H,29,31). The number of nitrogens with zero attached hydrogens (tertiary/aromatic N) is 1. The Labute approximate surface area is 215 Å². The fourth-order valence-electron chi connectivity index (χ4n) is 3.57. The van der Waals surface area contributed by atoms with E-state index in [-0.39, 0.29) is 18.0 Å². The van der Waals surface area contributed by atoms with E-state index in [0.717, 1.165) is 34.0 Å². The SMILES string of the molecule is CCc1cccc(CC)c1NC(=O)CN(Cc1ccc(Cl)c(Cl)c1)S(=O)(=O)c1ccc(Cl)cc1. The van der Waals surface area contributed by atoms with Crippen LogP contribution in [0.15, 0.2) is 65.6 Å². The van der Waals surface area contributed by atoms with Crippen molar-refractivity contribution in [2.24, 2.45) is 0 Å². The third-order valence-electron chi connectivity index (χ3n) is 5.38. The van der Waals surface area contributed by atoms with Crippen molar-refractivity contribution in [1.82, 2.24) is 4.31 Å². The molecule has 0 radical (unpaired) electrons. The summed E-state index contributed by atoms with van der Waals surface area (Å²) in [7, 11) is -4.02. The van der Waals surface area contributed by atoms with Crippen molar-refractivity contribution in [3.63, 3.8) is 0 Å². The van der Waals surface area contributed by atoms with Crippen LogP contribution in [0.2, 0.25) is 15.1 Å². The number of sulfonamides is 1. The Kier molecular flexibility index (Phi) is 9.01. The average molecular weight is 540 g/mol. The summed E-state index contributed by atoms with van der Waals surface area (Å²) in [4.78, 5) is 13.2. The fraction of sp³-hybridized carbons (Fsp3) is 0.240. The number of halogens is 3. The van der Waals surface area contributed by atoms with Crippen LogP contribution >= 0.6 is 34.8 Å². The monoisotopic (exact) mass is 538 g/mol. The van der Waals surface area contributed by atoms with Gasteiger partial charge in [-0.25, -0.2) is 8.42 Å². The highest BCUT2D eigenvalue weighted by molar-refractivity contribution is 7.89. The van der Waals surface area contributed by atoms with Gasteiger partial charge in [-0.1, -0.05) is 72.9 Å². The first-order chi connectivity index (χ1) is 16.1. The number of rotatable bonds is 9. The lowest BCUT2D eigenvalue weighted by Gasteiger charge is -2.23. The van der Waals surface area contributed by atoms with Gasteiger partial charge in [0.1, 0.15) is 0 Å². The van der Waals surface area contributed by atoms with Gasteiger partial charge < -0.3 is 5.32 Å². The molecule has 0 unspecified atom stereocenters. The van der Waals surface area contributed by atoms with E-state index in [2.05, 4.69) is 5.32 Å². The molecule has 0 aliphatic carbocycles. The minimum Gasteiger partial charge on any atom is -0.324 e. The molecule has 34 heavy (non-hydrogen) atoms. The number of nitrogens with one attached hydrogen (secondary N) is 1. The van der Waals surface area contributed by atoms with Crippen LogP contribution in [0.5, 0.6) is 0 Å². The van der Waals surface area contributed by atoms with Gasteiger partial charge in [0.2, 0.25) is 15.9 Å². The molecule has 5 nitrogen and oxygen atoms in total. The molecular weight excluding hydrogens is 515 g/mol. The van der Waals surface area contributed by atoms with Crippen LogP contribution in [0.1, 0.15) is 30.5 Å². The highest BCUT2D eigenvalue weighted by Gasteiger charge is 2.27. The van der Waals surface area contributed by atoms with Crippen molar-refractivity contribution in [3.05, 3.63) is 92.4 Å². The van der Waals surface area contributed by atoms with Crippen molar-refractivity contribution in [2.75, 3.05) is 11.9 Å². The maximum atomic E-state index is 13.5. The molecule has 3 aromatic carbocycles. The van der Waals surface area contributed by atoms with Gasteiger partial charge in [-0.2, -0.15) is 4.31 Å². The highest BCUT2D eigenvalue weighted by Crippen LogP contribution is 2.26. The summed E-state index contributed by atoms with van der Waals surface area (Å²) in [5, 5.41) is 4.01. The first kappa shape index (κ1) is 26.5. The maximum Gasteiger partial charge on any atom is 0.243 e. The quantitative estimate of drug-likeness (QED) is 0.333. The molecule has 180 valence electrons. The number of aryl methyl sites for hydroxylation is 2. The van der Waals surface area contributed by atoms with Crippen LogP contribution in [-0.4, -0.2) is 25.2 Å². The zero-order chi connectivity index (χ0) is 24.9. The molecule has 1 amide bonds. The number of hydrogen-bond acceptors (Lipinski definition) is 3. The van der Waals surface area contributed by atoms with E-state index in [4.69, 9.17) is 34.8 Å². The van der Waals surface area contributed by atoms with Crippen molar-refractivity contribution in [2.45, 2.75) is 38.1 Å². The van der Waals surface area contributed by atoms with Gasteiger partial charge in [-0.15, -0.1) is 0 Å². The third kappa shape index (κ3) is 6.32. The van der Waals surface area contributed by atoms with Gasteiger partial charge in [-0.3, -0.25) is 4.79 Å². The molecule has 0 aliphatic rings. The highest BCUT2D eigenvalue weighted by atomic mass is 35.5. The van der Waals surface area contributed by atoms with Crippen LogP contribution in [0.3, 0.4) is 0 Å². The topological polar surface area (TPSA) is 66.5 Å². The number of benzene rings is 3. The van der Waals surface area contributed by atoms with E-state index in [1.165, 1.54) is 24.3 Å². The molecule has 0 saturated heterocycles. The van der Waals surface area contributed by atoms with E-state index in [1.54, 1.807) is 18.2 Å². The van der Waals surface area contributed by atoms with Crippen molar-refractivity contribution >= 4 is 56.4 Å². The maximum absolute atomic E-state index is 13.5. The predicted molar refractivity (Wildman–Crippen MR) is 139 cm³/mol. The van der Waals surface area contributed by atoms with Gasteiger partial charge in [0.15, 0.2) is 0 Å². The number of amides is 1. The molecule has 0 aliphatic heterocycles. The van der Waals surface area contributed by atoms with Crippen LogP contribution < -0.4 is 5.32 Å². The second-order valence-electron chi connectivity index (χ2n) is 7.68. The first-order valence-corrected chi connectivity index (χ1v) is 13.3. The minimum absolute atomic E-state index is 0.0352. The first-order valence-electron chi connectivity index (χ1n) is 10.8. The van der Waals surface area contributed by atoms with Gasteiger partial charge in [0, 0.05) is 17.3 Å². The summed E-state index contributed by atoms with van der Waals surface area (Å²) in [5.41, 5.74) is 3.31. The third-order valence-corrected chi connectivity index (χ3v) is 8.17. The van der Waals surface area contributed by atoms with Crippen LogP contribution in [-0.2, 0) is 34.2 Å². The Morgan fingerprint density at radius 2 is 1.50 bits per heavy atom. The number of anilines is 1. The summed E-state index contributed by atoms with van der Waals surface area (Å²) in [6.45, 7) is 3.57. The van der Waals surface area contributed by atoms with Gasteiger partial charge in [-0.05, 0) is 65.9 Å². The smallest absolute Gasteiger partial charge is 0.243 e. The molecule has 1 N–H and O–H groups in total. The van der Waals surface area contributed by atoms with E-state index >= 15 is 0 Å². The number of para-hydroxylation sites is 1. The summed E-state index contributed by atoms with van der Waals surface area (Å²) in [5.74, 6) is -0.437. The van der Waals surface area contributed by atoms with E-state index in [1.807, 2.05) is 32.0 Å². The Morgan fingerprint density at radius 3 is 2.06 bits per heavy atom. The average Bonchev–Trinajstić information content (AvgIpc) is 2.81. The second kappa shape index (κ2) is 11.6. The van der Waals surface area contributed by atoms with E-state index < -0.39 is 15.9 Å². The molecule has 0 heterocycles. The van der Waals surface area contributed by atoms with Crippen LogP contribution in [0.4, 0.5) is 5.69 Å². The van der Waals surface area contributed by atoms with Crippen molar-refractivity contribution in [3.8, 4) is 0 Å². The Bertz CT molecular complexity index is 1260. The molecule has 9 heteroatoms. The second-order valence-corrected chi connectivity index (χ2v) is 10.9. The summed E-state index contributed by atoms with van der Waals surface area (Å²) in [6.07, 6.45) is 1.47. The predicted octanol–water partition coefficient (Wildman–Crippen LogP) is 6.60. The van der Waals surface area contributed by atoms with Crippen LogP contribution in [0.25, 0.3) is 0 Å². The number of hydrogen-bond donors (Lipinski definition) is 1. The lowest BCUT2D eigenvalue weighted by molar-refractivity contribution is -0.116. The molecule has 3 aromatic rings. The van der Waals surface area contributed by atoms with Crippen molar-refractivity contribution in [1.29, 1.82) is 0 Å². The summed E-state index contributed by atoms with van der Waals surface area (Å²) in [6, 6.07) is 16.5. The molecule has 3 rings (SSSR count). The lowest BCUT2D eigenvalue weighted by atomic mass is 10.0. The molecule has 0 saturated carbocycles. The van der Waals surface area contributed by atoms with Crippen molar-refractivity contribution < 1.29 is 13.2 Å². The van der Waals surface area contributed by atoms with Crippen LogP contribution in [0, 0.1) is 0 Å². The largest absolute Gasteiger partial charge is 0.324 e. The van der Waals surface area contributed by atoms with E-state index in [9.17, 15) is 13.2 Å². The van der Waals surface area contributed by atoms with Gasteiger partial charge in [0.05, 0.1) is 21.5 Å². The molecule has 0 spiro atoms. The lowest BCUT2D eigenvalue weighted by Crippen LogP contribution is -2.37. The zero-order valence-corrected chi connectivity index (χ0v) is 21.9. The molecule has 0 aromatic heterocycles.